The quantitative estimate of drug-likeness (QED) is 0.0902. The molecule has 0 fully saturated rings. The number of amides is 6. The minimum Gasteiger partial charge on any atom is -0.481 e. The number of nitrogens with two attached hydrogens (primary N) is 4. The second-order valence-electron chi connectivity index (χ2n) is 7.41. The van der Waals surface area contributed by atoms with Crippen molar-refractivity contribution < 1.29 is 48.6 Å². The maximum absolute atomic E-state index is 12.7. The molecule has 4 atom stereocenters. The van der Waals surface area contributed by atoms with Crippen LogP contribution < -0.4 is 38.9 Å². The van der Waals surface area contributed by atoms with Gasteiger partial charge in [0.15, 0.2) is 0 Å². The molecule has 0 aliphatic heterocycles. The van der Waals surface area contributed by atoms with Crippen LogP contribution in [0.25, 0.3) is 0 Å². The van der Waals surface area contributed by atoms with Gasteiger partial charge in [-0.2, -0.15) is 0 Å². The second-order valence-corrected chi connectivity index (χ2v) is 7.41. The number of aliphatic carboxylic acids is 2. The van der Waals surface area contributed by atoms with Gasteiger partial charge in [0, 0.05) is 12.8 Å². The Hall–Kier alpha value is -4.28. The van der Waals surface area contributed by atoms with Gasteiger partial charge in [-0.25, -0.2) is 4.79 Å². The molecule has 35 heavy (non-hydrogen) atoms. The fourth-order valence-corrected chi connectivity index (χ4v) is 2.62. The number of rotatable bonds is 17. The zero-order chi connectivity index (χ0) is 27.3. The summed E-state index contributed by atoms with van der Waals surface area (Å²) < 4.78 is 0. The average Bonchev–Trinajstić information content (AvgIpc) is 2.71. The molecule has 0 rings (SSSR count). The molecule has 0 radical (unpaired) electrons. The smallest absolute Gasteiger partial charge is 0.326 e. The van der Waals surface area contributed by atoms with Crippen LogP contribution in [0.2, 0.25) is 0 Å². The summed E-state index contributed by atoms with van der Waals surface area (Å²) in [5, 5.41) is 24.2. The molecule has 0 aromatic heterocycles. The summed E-state index contributed by atoms with van der Waals surface area (Å²) in [6, 6.07) is -6.34. The molecule has 0 heterocycles. The lowest BCUT2D eigenvalue weighted by Gasteiger charge is -2.24. The highest BCUT2D eigenvalue weighted by molar-refractivity contribution is 5.96. The third kappa shape index (κ3) is 13.1. The fourth-order valence-electron chi connectivity index (χ4n) is 2.62. The van der Waals surface area contributed by atoms with Crippen LogP contribution in [-0.2, 0) is 38.4 Å². The van der Waals surface area contributed by atoms with Crippen LogP contribution in [0, 0.1) is 0 Å². The van der Waals surface area contributed by atoms with Gasteiger partial charge in [-0.15, -0.1) is 0 Å². The molecule has 0 aliphatic rings. The van der Waals surface area contributed by atoms with E-state index in [1.54, 1.807) is 0 Å². The molecule has 4 unspecified atom stereocenters. The molecular formula is C18H29N7O10. The zero-order valence-electron chi connectivity index (χ0n) is 18.5. The fraction of sp³-hybridized carbons (Fsp3) is 0.556. The van der Waals surface area contributed by atoms with Gasteiger partial charge in [0.25, 0.3) is 0 Å². The van der Waals surface area contributed by atoms with E-state index in [4.69, 9.17) is 28.0 Å². The number of hydrogen-bond acceptors (Lipinski definition) is 9. The summed E-state index contributed by atoms with van der Waals surface area (Å²) in [6.45, 7) is 0. The summed E-state index contributed by atoms with van der Waals surface area (Å²) in [7, 11) is 0. The van der Waals surface area contributed by atoms with E-state index in [1.807, 2.05) is 5.32 Å². The zero-order valence-corrected chi connectivity index (χ0v) is 18.5. The molecule has 0 saturated heterocycles. The Morgan fingerprint density at radius 1 is 0.600 bits per heavy atom. The second kappa shape index (κ2) is 14.8. The molecule has 0 aromatic carbocycles. The van der Waals surface area contributed by atoms with Crippen LogP contribution in [-0.4, -0.2) is 81.8 Å². The predicted molar refractivity (Wildman–Crippen MR) is 114 cm³/mol. The number of nitrogens with one attached hydrogen (secondary N) is 3. The van der Waals surface area contributed by atoms with Crippen molar-refractivity contribution in [3.8, 4) is 0 Å². The van der Waals surface area contributed by atoms with Crippen LogP contribution in [0.5, 0.6) is 0 Å². The van der Waals surface area contributed by atoms with Crippen molar-refractivity contribution >= 4 is 47.4 Å². The van der Waals surface area contributed by atoms with E-state index >= 15 is 0 Å². The number of hydrogen-bond donors (Lipinski definition) is 9. The van der Waals surface area contributed by atoms with E-state index < -0.39 is 104 Å². The Morgan fingerprint density at radius 2 is 1.06 bits per heavy atom. The van der Waals surface area contributed by atoms with Gasteiger partial charge in [-0.05, 0) is 12.8 Å². The van der Waals surface area contributed by atoms with E-state index in [0.717, 1.165) is 0 Å². The Morgan fingerprint density at radius 3 is 1.51 bits per heavy atom. The van der Waals surface area contributed by atoms with E-state index in [1.165, 1.54) is 0 Å². The molecule has 0 spiro atoms. The minimum absolute atomic E-state index is 0.364. The van der Waals surface area contributed by atoms with Crippen LogP contribution in [0.4, 0.5) is 0 Å². The van der Waals surface area contributed by atoms with Crippen molar-refractivity contribution in [2.75, 3.05) is 0 Å². The Balaban J connectivity index is 5.60. The molecule has 6 amide bonds. The Labute approximate surface area is 198 Å². The van der Waals surface area contributed by atoms with Crippen LogP contribution in [0.15, 0.2) is 0 Å². The van der Waals surface area contributed by atoms with Crippen molar-refractivity contribution in [1.29, 1.82) is 0 Å². The molecular weight excluding hydrogens is 474 g/mol. The van der Waals surface area contributed by atoms with Gasteiger partial charge in [0.05, 0.1) is 18.9 Å². The number of carboxylic acids is 2. The van der Waals surface area contributed by atoms with Crippen molar-refractivity contribution in [2.45, 2.75) is 62.7 Å². The lowest BCUT2D eigenvalue weighted by molar-refractivity contribution is -0.143. The Bertz CT molecular complexity index is 863. The van der Waals surface area contributed by atoms with E-state index in [9.17, 15) is 43.5 Å². The number of primary amides is 3. The highest BCUT2D eigenvalue weighted by atomic mass is 16.4. The van der Waals surface area contributed by atoms with Crippen LogP contribution in [0.3, 0.4) is 0 Å². The van der Waals surface area contributed by atoms with Gasteiger partial charge < -0.3 is 49.1 Å². The predicted octanol–water partition coefficient (Wildman–Crippen LogP) is -5.27. The third-order valence-corrected chi connectivity index (χ3v) is 4.37. The summed E-state index contributed by atoms with van der Waals surface area (Å²) in [4.78, 5) is 92.9. The summed E-state index contributed by atoms with van der Waals surface area (Å²) in [5.74, 6) is -8.97. The minimum atomic E-state index is -1.72. The first-order chi connectivity index (χ1) is 16.1. The maximum Gasteiger partial charge on any atom is 0.326 e. The molecule has 0 saturated carbocycles. The summed E-state index contributed by atoms with van der Waals surface area (Å²) in [5.41, 5.74) is 20.6. The van der Waals surface area contributed by atoms with Crippen molar-refractivity contribution in [2.24, 2.45) is 22.9 Å². The van der Waals surface area contributed by atoms with E-state index in [-0.39, 0.29) is 6.42 Å². The number of carbonyl (C=O) groups is 8. The standard InChI is InChI=1S/C18H29N7O10/c19-7(5-12(21)27)15(31)23-8(1-3-11(20)26)16(32)25-10(6-13(22)28)17(33)24-9(18(34)35)2-4-14(29)30/h7-10H,1-6,19H2,(H2,20,26)(H2,21,27)(H2,22,28)(H,23,31)(H,24,33)(H,25,32)(H,29,30)(H,34,35). The molecule has 196 valence electrons. The SMILES string of the molecule is NC(=O)CCC(NC(=O)C(N)CC(N)=O)C(=O)NC(CC(N)=O)C(=O)NC(CCC(=O)O)C(=O)O. The first-order valence-corrected chi connectivity index (χ1v) is 10.1. The normalized spacial score (nSPS) is 13.9. The lowest BCUT2D eigenvalue weighted by Crippen LogP contribution is -2.58. The maximum atomic E-state index is 12.7. The monoisotopic (exact) mass is 503 g/mol. The molecule has 0 aromatic rings. The highest BCUT2D eigenvalue weighted by Gasteiger charge is 2.31. The summed E-state index contributed by atoms with van der Waals surface area (Å²) in [6.07, 6.45) is -3.21. The van der Waals surface area contributed by atoms with Crippen LogP contribution >= 0.6 is 0 Å². The Kier molecular flexibility index (Phi) is 13.0. The molecule has 0 bridgehead atoms. The number of carbonyl (C=O) groups excluding carboxylic acids is 6. The van der Waals surface area contributed by atoms with Crippen molar-refractivity contribution in [1.82, 2.24) is 16.0 Å². The van der Waals surface area contributed by atoms with Crippen LogP contribution in [0.1, 0.15) is 38.5 Å². The molecule has 0 aliphatic carbocycles. The van der Waals surface area contributed by atoms with Gasteiger partial charge in [-0.3, -0.25) is 33.6 Å². The van der Waals surface area contributed by atoms with Gasteiger partial charge >= 0.3 is 11.9 Å². The van der Waals surface area contributed by atoms with E-state index in [2.05, 4.69) is 10.6 Å². The largest absolute Gasteiger partial charge is 0.481 e. The van der Waals surface area contributed by atoms with Crippen molar-refractivity contribution in [3.05, 3.63) is 0 Å². The van der Waals surface area contributed by atoms with Gasteiger partial charge in [-0.1, -0.05) is 0 Å². The molecule has 13 N–H and O–H groups in total. The van der Waals surface area contributed by atoms with Gasteiger partial charge in [0.2, 0.25) is 35.4 Å². The molecule has 17 nitrogen and oxygen atoms in total. The summed E-state index contributed by atoms with van der Waals surface area (Å²) >= 11 is 0. The lowest BCUT2D eigenvalue weighted by atomic mass is 10.1. The van der Waals surface area contributed by atoms with E-state index in [0.29, 0.717) is 0 Å². The topological polar surface area (TPSA) is 317 Å². The first-order valence-electron chi connectivity index (χ1n) is 10.1. The van der Waals surface area contributed by atoms with Crippen molar-refractivity contribution in [3.63, 3.8) is 0 Å². The first kappa shape index (κ1) is 30.7. The number of carboxylic acid groups (broad SMARTS) is 2. The third-order valence-electron chi connectivity index (χ3n) is 4.37. The highest BCUT2D eigenvalue weighted by Crippen LogP contribution is 2.04. The average molecular weight is 503 g/mol. The van der Waals surface area contributed by atoms with Gasteiger partial charge in [0.1, 0.15) is 18.1 Å². The molecule has 17 heteroatoms.